The standard InChI is InChI=1S/C13H18BrN3O/c1-3-11-13(14)12(17(4-2)15-11)8-16-6-5-10(7-16)9-18/h5-7,18H,3-4,8-9H2,1-2H3. The Hall–Kier alpha value is -1.07. The monoisotopic (exact) mass is 311 g/mol. The molecule has 18 heavy (non-hydrogen) atoms. The molecule has 0 unspecified atom stereocenters. The van der Waals surface area contributed by atoms with Crippen molar-refractivity contribution in [2.45, 2.75) is 40.0 Å². The molecule has 0 saturated carbocycles. The number of nitrogens with zero attached hydrogens (tertiary/aromatic N) is 3. The number of hydrogen-bond donors (Lipinski definition) is 1. The zero-order valence-corrected chi connectivity index (χ0v) is 12.3. The van der Waals surface area contributed by atoms with Gasteiger partial charge in [0.1, 0.15) is 0 Å². The van der Waals surface area contributed by atoms with E-state index >= 15 is 0 Å². The highest BCUT2D eigenvalue weighted by Gasteiger charge is 2.13. The van der Waals surface area contributed by atoms with E-state index in [4.69, 9.17) is 5.11 Å². The molecule has 0 bridgehead atoms. The van der Waals surface area contributed by atoms with E-state index in [1.165, 1.54) is 5.69 Å². The van der Waals surface area contributed by atoms with Crippen molar-refractivity contribution in [2.75, 3.05) is 0 Å². The fourth-order valence-electron chi connectivity index (χ4n) is 2.02. The maximum Gasteiger partial charge on any atom is 0.0767 e. The largest absolute Gasteiger partial charge is 0.392 e. The zero-order valence-electron chi connectivity index (χ0n) is 10.7. The quantitative estimate of drug-likeness (QED) is 0.922. The topological polar surface area (TPSA) is 43.0 Å². The molecular formula is C13H18BrN3O. The van der Waals surface area contributed by atoms with Gasteiger partial charge in [0.15, 0.2) is 0 Å². The second-order valence-electron chi connectivity index (χ2n) is 4.23. The molecule has 0 fully saturated rings. The lowest BCUT2D eigenvalue weighted by Crippen LogP contribution is -2.07. The Bertz CT molecular complexity index is 530. The van der Waals surface area contributed by atoms with Gasteiger partial charge in [-0.25, -0.2) is 0 Å². The molecule has 1 N–H and O–H groups in total. The summed E-state index contributed by atoms with van der Waals surface area (Å²) in [6.45, 7) is 5.92. The highest BCUT2D eigenvalue weighted by molar-refractivity contribution is 9.10. The molecule has 2 aromatic heterocycles. The van der Waals surface area contributed by atoms with Crippen LogP contribution in [0.15, 0.2) is 22.9 Å². The van der Waals surface area contributed by atoms with Crippen molar-refractivity contribution in [1.29, 1.82) is 0 Å². The Morgan fingerprint density at radius 1 is 1.39 bits per heavy atom. The minimum absolute atomic E-state index is 0.0847. The van der Waals surface area contributed by atoms with E-state index in [-0.39, 0.29) is 6.61 Å². The van der Waals surface area contributed by atoms with Crippen LogP contribution >= 0.6 is 15.9 Å². The summed E-state index contributed by atoms with van der Waals surface area (Å²) in [5.41, 5.74) is 3.21. The third kappa shape index (κ3) is 2.52. The van der Waals surface area contributed by atoms with Crippen LogP contribution in [0.1, 0.15) is 30.8 Å². The van der Waals surface area contributed by atoms with Crippen molar-refractivity contribution in [3.63, 3.8) is 0 Å². The SMILES string of the molecule is CCc1nn(CC)c(Cn2ccc(CO)c2)c1Br. The van der Waals surface area contributed by atoms with E-state index < -0.39 is 0 Å². The molecular weight excluding hydrogens is 294 g/mol. The summed E-state index contributed by atoms with van der Waals surface area (Å²) < 4.78 is 5.20. The van der Waals surface area contributed by atoms with Crippen molar-refractivity contribution >= 4 is 15.9 Å². The first-order valence-corrected chi connectivity index (χ1v) is 6.98. The third-order valence-corrected chi connectivity index (χ3v) is 3.94. The van der Waals surface area contributed by atoms with Crippen LogP contribution in [0, 0.1) is 0 Å². The van der Waals surface area contributed by atoms with Crippen LogP contribution in [0.5, 0.6) is 0 Å². The van der Waals surface area contributed by atoms with Gasteiger partial charge in [-0.2, -0.15) is 5.10 Å². The van der Waals surface area contributed by atoms with Crippen LogP contribution in [-0.2, 0) is 26.1 Å². The average Bonchev–Trinajstić information content (AvgIpc) is 2.96. The van der Waals surface area contributed by atoms with Gasteiger partial charge in [0, 0.05) is 18.9 Å². The van der Waals surface area contributed by atoms with Crippen LogP contribution in [0.3, 0.4) is 0 Å². The molecule has 0 aliphatic carbocycles. The number of hydrogen-bond acceptors (Lipinski definition) is 2. The summed E-state index contributed by atoms with van der Waals surface area (Å²) in [4.78, 5) is 0. The van der Waals surface area contributed by atoms with Crippen LogP contribution in [0.25, 0.3) is 0 Å². The van der Waals surface area contributed by atoms with Gasteiger partial charge in [-0.1, -0.05) is 6.92 Å². The number of aliphatic hydroxyl groups excluding tert-OH is 1. The maximum absolute atomic E-state index is 9.07. The number of halogens is 1. The van der Waals surface area contributed by atoms with E-state index in [1.807, 2.05) is 23.1 Å². The predicted octanol–water partition coefficient (Wildman–Crippen LogP) is 2.57. The van der Waals surface area contributed by atoms with Crippen molar-refractivity contribution in [3.8, 4) is 0 Å². The number of aromatic nitrogens is 3. The van der Waals surface area contributed by atoms with Crippen LogP contribution < -0.4 is 0 Å². The summed E-state index contributed by atoms with van der Waals surface area (Å²) in [6.07, 6.45) is 4.87. The Labute approximate surface area is 115 Å². The van der Waals surface area contributed by atoms with E-state index in [1.54, 1.807) is 0 Å². The molecule has 98 valence electrons. The molecule has 0 aliphatic heterocycles. The van der Waals surface area contributed by atoms with Gasteiger partial charge in [-0.05, 0) is 40.9 Å². The van der Waals surface area contributed by atoms with E-state index in [2.05, 4.69) is 39.4 Å². The van der Waals surface area contributed by atoms with Crippen molar-refractivity contribution < 1.29 is 5.11 Å². The van der Waals surface area contributed by atoms with Gasteiger partial charge in [-0.15, -0.1) is 0 Å². The number of aliphatic hydroxyl groups is 1. The lowest BCUT2D eigenvalue weighted by Gasteiger charge is -2.06. The predicted molar refractivity (Wildman–Crippen MR) is 74.4 cm³/mol. The molecule has 2 rings (SSSR count). The molecule has 2 aromatic rings. The lowest BCUT2D eigenvalue weighted by molar-refractivity contribution is 0.281. The van der Waals surface area contributed by atoms with Gasteiger partial charge in [-0.3, -0.25) is 4.68 Å². The summed E-state index contributed by atoms with van der Waals surface area (Å²) in [5.74, 6) is 0. The lowest BCUT2D eigenvalue weighted by atomic mass is 10.3. The molecule has 0 radical (unpaired) electrons. The highest BCUT2D eigenvalue weighted by Crippen LogP contribution is 2.23. The second kappa shape index (κ2) is 5.71. The minimum Gasteiger partial charge on any atom is -0.392 e. The minimum atomic E-state index is 0.0847. The first kappa shape index (κ1) is 13.4. The number of aryl methyl sites for hydroxylation is 2. The molecule has 0 spiro atoms. The first-order valence-electron chi connectivity index (χ1n) is 6.19. The normalized spacial score (nSPS) is 11.1. The second-order valence-corrected chi connectivity index (χ2v) is 5.02. The van der Waals surface area contributed by atoms with Gasteiger partial charge in [0.05, 0.1) is 29.0 Å². The molecule has 4 nitrogen and oxygen atoms in total. The Balaban J connectivity index is 2.29. The van der Waals surface area contributed by atoms with Crippen LogP contribution in [-0.4, -0.2) is 19.5 Å². The molecule has 0 saturated heterocycles. The summed E-state index contributed by atoms with van der Waals surface area (Å²) in [5, 5.41) is 13.7. The van der Waals surface area contributed by atoms with Gasteiger partial charge < -0.3 is 9.67 Å². The summed E-state index contributed by atoms with van der Waals surface area (Å²) >= 11 is 3.64. The molecule has 5 heteroatoms. The third-order valence-electron chi connectivity index (χ3n) is 3.02. The Kier molecular flexibility index (Phi) is 4.24. The fraction of sp³-hybridized carbons (Fsp3) is 0.462. The number of rotatable bonds is 5. The zero-order chi connectivity index (χ0) is 13.1. The first-order chi connectivity index (χ1) is 8.69. The van der Waals surface area contributed by atoms with Gasteiger partial charge >= 0.3 is 0 Å². The molecule has 0 amide bonds. The van der Waals surface area contributed by atoms with E-state index in [0.717, 1.165) is 35.2 Å². The molecule has 2 heterocycles. The van der Waals surface area contributed by atoms with E-state index in [0.29, 0.717) is 0 Å². The molecule has 0 aromatic carbocycles. The Morgan fingerprint density at radius 2 is 2.17 bits per heavy atom. The molecule has 0 aliphatic rings. The van der Waals surface area contributed by atoms with Gasteiger partial charge in [0.25, 0.3) is 0 Å². The van der Waals surface area contributed by atoms with Crippen LogP contribution in [0.4, 0.5) is 0 Å². The van der Waals surface area contributed by atoms with Crippen molar-refractivity contribution in [2.24, 2.45) is 0 Å². The molecule has 0 atom stereocenters. The van der Waals surface area contributed by atoms with E-state index in [9.17, 15) is 0 Å². The fourth-order valence-corrected chi connectivity index (χ4v) is 2.71. The summed E-state index contributed by atoms with van der Waals surface area (Å²) in [6, 6.07) is 1.93. The van der Waals surface area contributed by atoms with Gasteiger partial charge in [0.2, 0.25) is 0 Å². The maximum atomic E-state index is 9.07. The van der Waals surface area contributed by atoms with Crippen molar-refractivity contribution in [3.05, 3.63) is 39.9 Å². The average molecular weight is 312 g/mol. The Morgan fingerprint density at radius 3 is 2.72 bits per heavy atom. The highest BCUT2D eigenvalue weighted by atomic mass is 79.9. The van der Waals surface area contributed by atoms with Crippen molar-refractivity contribution in [1.82, 2.24) is 14.3 Å². The van der Waals surface area contributed by atoms with Crippen LogP contribution in [0.2, 0.25) is 0 Å². The summed E-state index contributed by atoms with van der Waals surface area (Å²) in [7, 11) is 0. The smallest absolute Gasteiger partial charge is 0.0767 e.